The van der Waals surface area contributed by atoms with Crippen molar-refractivity contribution >= 4 is 23.4 Å². The fraction of sp³-hybridized carbons (Fsp3) is 0.593. The summed E-state index contributed by atoms with van der Waals surface area (Å²) in [7, 11) is 0. The van der Waals surface area contributed by atoms with Gasteiger partial charge in [-0.3, -0.25) is 4.79 Å². The Labute approximate surface area is 207 Å². The number of hydrogen-bond donors (Lipinski definition) is 0. The summed E-state index contributed by atoms with van der Waals surface area (Å²) in [5, 5.41) is 9.37. The van der Waals surface area contributed by atoms with Gasteiger partial charge in [-0.15, -0.1) is 0 Å². The lowest BCUT2D eigenvalue weighted by Crippen LogP contribution is -2.62. The lowest BCUT2D eigenvalue weighted by Gasteiger charge is -2.55. The maximum absolute atomic E-state index is 12.7. The van der Waals surface area contributed by atoms with Crippen LogP contribution < -0.4 is 9.80 Å². The number of carbonyl (C=O) groups is 1. The number of likely N-dealkylation sites (tertiary alicyclic amines) is 1. The zero-order chi connectivity index (χ0) is 24.4. The second-order valence-electron chi connectivity index (χ2n) is 12.0. The van der Waals surface area contributed by atoms with Gasteiger partial charge in [0.25, 0.3) is 0 Å². The van der Waals surface area contributed by atoms with Crippen molar-refractivity contribution in [2.24, 2.45) is 10.8 Å². The summed E-state index contributed by atoms with van der Waals surface area (Å²) in [5.41, 5.74) is 1.91. The molecule has 5 heterocycles. The fourth-order valence-corrected chi connectivity index (χ4v) is 6.47. The molecule has 0 bridgehead atoms. The fourth-order valence-electron chi connectivity index (χ4n) is 6.47. The summed E-state index contributed by atoms with van der Waals surface area (Å²) in [6, 6.07) is 5.83. The van der Waals surface area contributed by atoms with Gasteiger partial charge in [0.15, 0.2) is 0 Å². The molecule has 2 aromatic rings. The number of fused-ring (bicyclic) bond motifs is 2. The molecule has 2 aromatic heterocycles. The number of hydrogen-bond acceptors (Lipinski definition) is 7. The molecule has 4 aliphatic rings. The van der Waals surface area contributed by atoms with Crippen molar-refractivity contribution < 1.29 is 4.79 Å². The van der Waals surface area contributed by atoms with Crippen molar-refractivity contribution in [3.63, 3.8) is 0 Å². The summed E-state index contributed by atoms with van der Waals surface area (Å²) in [6.45, 7) is 10.6. The summed E-state index contributed by atoms with van der Waals surface area (Å²) < 4.78 is 0. The molecule has 0 radical (unpaired) electrons. The van der Waals surface area contributed by atoms with Crippen LogP contribution in [0.5, 0.6) is 0 Å². The molecule has 2 spiro atoms. The molecule has 182 valence electrons. The molecule has 0 unspecified atom stereocenters. The highest BCUT2D eigenvalue weighted by Gasteiger charge is 2.54. The molecular formula is C27H33N7O. The van der Waals surface area contributed by atoms with Crippen molar-refractivity contribution in [2.45, 2.75) is 58.3 Å². The van der Waals surface area contributed by atoms with E-state index in [1.54, 1.807) is 18.6 Å². The van der Waals surface area contributed by atoms with Crippen molar-refractivity contribution in [3.05, 3.63) is 35.8 Å². The Bertz CT molecular complexity index is 1210. The van der Waals surface area contributed by atoms with Crippen molar-refractivity contribution in [2.75, 3.05) is 42.5 Å². The number of carbonyl (C=O) groups excluding carboxylic acids is 1. The standard InChI is InChI=1S/C27H33N7O/c1-25(2,3)24(35)32-11-8-26(9-12-32)15-33(16-26)22-21-23(31-18-30-22)34(17-27(21)6-4-7-27)20-13-19(14-28)5-10-29-20/h5,10,13,18H,4,6-9,11-12,15-17H2,1-3H3. The third-order valence-electron chi connectivity index (χ3n) is 8.62. The molecule has 1 aliphatic carbocycles. The summed E-state index contributed by atoms with van der Waals surface area (Å²) in [6.07, 6.45) is 8.99. The number of nitriles is 1. The SMILES string of the molecule is CC(C)(C)C(=O)N1CCC2(CC1)CN(c1ncnc3c1C1(CCC1)CN3c1cc(C#N)ccn1)C2. The molecule has 6 rings (SSSR count). The van der Waals surface area contributed by atoms with Crippen LogP contribution >= 0.6 is 0 Å². The first-order chi connectivity index (χ1) is 16.7. The van der Waals surface area contributed by atoms with Gasteiger partial charge in [0.1, 0.15) is 23.8 Å². The van der Waals surface area contributed by atoms with Crippen LogP contribution in [0.4, 0.5) is 17.5 Å². The molecule has 8 heteroatoms. The van der Waals surface area contributed by atoms with Gasteiger partial charge >= 0.3 is 0 Å². The average molecular weight is 472 g/mol. The van der Waals surface area contributed by atoms with Gasteiger partial charge in [-0.25, -0.2) is 15.0 Å². The second-order valence-corrected chi connectivity index (χ2v) is 12.0. The summed E-state index contributed by atoms with van der Waals surface area (Å²) >= 11 is 0. The van der Waals surface area contributed by atoms with Gasteiger partial charge in [0, 0.05) is 60.7 Å². The lowest BCUT2D eigenvalue weighted by molar-refractivity contribution is -0.142. The highest BCUT2D eigenvalue weighted by atomic mass is 16.2. The summed E-state index contributed by atoms with van der Waals surface area (Å²) in [4.78, 5) is 33.5. The van der Waals surface area contributed by atoms with Crippen LogP contribution in [-0.4, -0.2) is 58.5 Å². The van der Waals surface area contributed by atoms with Crippen LogP contribution in [0.3, 0.4) is 0 Å². The molecule has 0 atom stereocenters. The van der Waals surface area contributed by atoms with E-state index in [0.29, 0.717) is 5.56 Å². The van der Waals surface area contributed by atoms with E-state index in [-0.39, 0.29) is 22.2 Å². The van der Waals surface area contributed by atoms with E-state index in [1.807, 2.05) is 26.8 Å². The van der Waals surface area contributed by atoms with Crippen LogP contribution in [0, 0.1) is 22.2 Å². The Morgan fingerprint density at radius 2 is 1.74 bits per heavy atom. The van der Waals surface area contributed by atoms with E-state index in [1.165, 1.54) is 12.0 Å². The normalized spacial score (nSPS) is 21.9. The second kappa shape index (κ2) is 7.64. The van der Waals surface area contributed by atoms with Gasteiger partial charge in [0.05, 0.1) is 11.6 Å². The monoisotopic (exact) mass is 471 g/mol. The van der Waals surface area contributed by atoms with E-state index >= 15 is 0 Å². The molecule has 1 saturated carbocycles. The molecule has 1 amide bonds. The maximum atomic E-state index is 12.7. The highest BCUT2D eigenvalue weighted by molar-refractivity contribution is 5.81. The Morgan fingerprint density at radius 1 is 1.03 bits per heavy atom. The van der Waals surface area contributed by atoms with Gasteiger partial charge in [-0.1, -0.05) is 27.2 Å². The van der Waals surface area contributed by atoms with Crippen LogP contribution in [0.15, 0.2) is 24.7 Å². The van der Waals surface area contributed by atoms with Gasteiger partial charge < -0.3 is 14.7 Å². The topological polar surface area (TPSA) is 89.3 Å². The van der Waals surface area contributed by atoms with Gasteiger partial charge in [-0.05, 0) is 37.8 Å². The highest BCUT2D eigenvalue weighted by Crippen LogP contribution is 2.57. The van der Waals surface area contributed by atoms with Crippen LogP contribution in [0.1, 0.15) is 64.0 Å². The van der Waals surface area contributed by atoms with E-state index in [4.69, 9.17) is 9.97 Å². The largest absolute Gasteiger partial charge is 0.355 e. The first-order valence-corrected chi connectivity index (χ1v) is 12.8. The Morgan fingerprint density at radius 3 is 2.37 bits per heavy atom. The molecule has 8 nitrogen and oxygen atoms in total. The molecular weight excluding hydrogens is 438 g/mol. The predicted molar refractivity (Wildman–Crippen MR) is 133 cm³/mol. The van der Waals surface area contributed by atoms with Crippen molar-refractivity contribution in [3.8, 4) is 6.07 Å². The first kappa shape index (κ1) is 22.3. The van der Waals surface area contributed by atoms with Crippen LogP contribution in [-0.2, 0) is 10.2 Å². The summed E-state index contributed by atoms with van der Waals surface area (Å²) in [5.74, 6) is 3.07. The smallest absolute Gasteiger partial charge is 0.227 e. The number of nitrogens with zero attached hydrogens (tertiary/aromatic N) is 7. The zero-order valence-electron chi connectivity index (χ0n) is 20.9. The van der Waals surface area contributed by atoms with E-state index in [0.717, 1.165) is 75.9 Å². The Hall–Kier alpha value is -3.21. The number of aromatic nitrogens is 3. The third kappa shape index (κ3) is 3.47. The van der Waals surface area contributed by atoms with E-state index in [9.17, 15) is 10.1 Å². The third-order valence-corrected chi connectivity index (χ3v) is 8.62. The zero-order valence-corrected chi connectivity index (χ0v) is 20.9. The minimum Gasteiger partial charge on any atom is -0.355 e. The quantitative estimate of drug-likeness (QED) is 0.658. The van der Waals surface area contributed by atoms with Gasteiger partial charge in [-0.2, -0.15) is 5.26 Å². The molecule has 0 N–H and O–H groups in total. The molecule has 3 fully saturated rings. The van der Waals surface area contributed by atoms with Gasteiger partial charge in [0.2, 0.25) is 5.91 Å². The number of anilines is 3. The Kier molecular flexibility index (Phi) is 4.86. The Balaban J connectivity index is 1.24. The van der Waals surface area contributed by atoms with E-state index < -0.39 is 0 Å². The first-order valence-electron chi connectivity index (χ1n) is 12.8. The average Bonchev–Trinajstić information content (AvgIpc) is 3.18. The molecule has 0 aromatic carbocycles. The molecule has 3 aliphatic heterocycles. The predicted octanol–water partition coefficient (Wildman–Crippen LogP) is 3.79. The van der Waals surface area contributed by atoms with E-state index in [2.05, 4.69) is 25.8 Å². The molecule has 2 saturated heterocycles. The minimum absolute atomic E-state index is 0.0709. The molecule has 35 heavy (non-hydrogen) atoms. The lowest BCUT2D eigenvalue weighted by atomic mass is 9.65. The van der Waals surface area contributed by atoms with Crippen molar-refractivity contribution in [1.29, 1.82) is 5.26 Å². The van der Waals surface area contributed by atoms with Crippen molar-refractivity contribution in [1.82, 2.24) is 19.9 Å². The number of rotatable bonds is 2. The number of amides is 1. The van der Waals surface area contributed by atoms with Crippen LogP contribution in [0.25, 0.3) is 0 Å². The number of pyridine rings is 1. The van der Waals surface area contributed by atoms with Crippen LogP contribution in [0.2, 0.25) is 0 Å². The minimum atomic E-state index is -0.317. The maximum Gasteiger partial charge on any atom is 0.227 e. The number of piperidine rings is 1.